The van der Waals surface area contributed by atoms with Gasteiger partial charge in [0.25, 0.3) is 0 Å². The van der Waals surface area contributed by atoms with E-state index in [0.717, 1.165) is 12.1 Å². The molecule has 8 heteroatoms. The van der Waals surface area contributed by atoms with Crippen LogP contribution in [-0.4, -0.2) is 23.3 Å². The number of hydrogen-bond acceptors (Lipinski definition) is 4. The zero-order chi connectivity index (χ0) is 19.1. The van der Waals surface area contributed by atoms with E-state index in [-0.39, 0.29) is 18.2 Å². The number of aromatic nitrogens is 1. The third-order valence-corrected chi connectivity index (χ3v) is 4.91. The van der Waals surface area contributed by atoms with Crippen molar-refractivity contribution < 1.29 is 18.4 Å². The number of halogens is 2. The van der Waals surface area contributed by atoms with E-state index < -0.39 is 17.0 Å². The van der Waals surface area contributed by atoms with Crippen molar-refractivity contribution in [2.24, 2.45) is 5.41 Å². The normalized spacial score (nSPS) is 13.7. The first-order valence-electron chi connectivity index (χ1n) is 8.19. The molecule has 1 aliphatic heterocycles. The van der Waals surface area contributed by atoms with Crippen LogP contribution in [-0.2, 0) is 22.4 Å². The number of amides is 2. The second-order valence-corrected chi connectivity index (χ2v) is 8.07. The van der Waals surface area contributed by atoms with Crippen molar-refractivity contribution in [1.29, 1.82) is 0 Å². The Morgan fingerprint density at radius 2 is 1.96 bits per heavy atom. The minimum atomic E-state index is -0.968. The number of thiazole rings is 1. The Balaban J connectivity index is 1.69. The van der Waals surface area contributed by atoms with E-state index in [1.54, 1.807) is 26.2 Å². The maximum absolute atomic E-state index is 13.5. The monoisotopic (exact) mass is 379 g/mol. The van der Waals surface area contributed by atoms with Gasteiger partial charge in [0.1, 0.15) is 0 Å². The molecule has 1 aliphatic rings. The van der Waals surface area contributed by atoms with Crippen LogP contribution in [0, 0.1) is 17.0 Å². The highest BCUT2D eigenvalue weighted by Crippen LogP contribution is 2.31. The molecule has 0 bridgehead atoms. The molecule has 0 saturated carbocycles. The molecule has 0 saturated heterocycles. The highest BCUT2D eigenvalue weighted by Gasteiger charge is 2.27. The molecule has 26 heavy (non-hydrogen) atoms. The first-order valence-corrected chi connectivity index (χ1v) is 9.07. The molecule has 1 N–H and O–H groups in total. The predicted molar refractivity (Wildman–Crippen MR) is 96.3 cm³/mol. The molecule has 2 aromatic rings. The quantitative estimate of drug-likeness (QED) is 0.887. The summed E-state index contributed by atoms with van der Waals surface area (Å²) >= 11 is 1.25. The summed E-state index contributed by atoms with van der Waals surface area (Å²) in [6.45, 7) is 5.78. The Kier molecular flexibility index (Phi) is 4.79. The summed E-state index contributed by atoms with van der Waals surface area (Å²) in [5, 5.41) is 4.87. The molecule has 1 aromatic carbocycles. The lowest BCUT2D eigenvalue weighted by Gasteiger charge is -2.17. The molecule has 3 rings (SSSR count). The lowest BCUT2D eigenvalue weighted by Crippen LogP contribution is -2.30. The van der Waals surface area contributed by atoms with Gasteiger partial charge in [-0.15, -0.1) is 11.3 Å². The summed E-state index contributed by atoms with van der Waals surface area (Å²) in [6.07, 6.45) is 0.516. The molecular formula is C18H19F2N3O2S. The second-order valence-electron chi connectivity index (χ2n) is 7.22. The zero-order valence-electron chi connectivity index (χ0n) is 14.7. The first kappa shape index (κ1) is 18.4. The van der Waals surface area contributed by atoms with Gasteiger partial charge in [0, 0.05) is 23.4 Å². The molecule has 0 aliphatic carbocycles. The Morgan fingerprint density at radius 1 is 1.27 bits per heavy atom. The van der Waals surface area contributed by atoms with Gasteiger partial charge in [-0.25, -0.2) is 13.8 Å². The Bertz CT molecular complexity index is 874. The van der Waals surface area contributed by atoms with E-state index in [9.17, 15) is 18.4 Å². The summed E-state index contributed by atoms with van der Waals surface area (Å²) in [6, 6.07) is 2.20. The second kappa shape index (κ2) is 6.75. The van der Waals surface area contributed by atoms with Crippen LogP contribution in [0.3, 0.4) is 0 Å². The molecule has 0 unspecified atom stereocenters. The van der Waals surface area contributed by atoms with Crippen LogP contribution < -0.4 is 10.2 Å². The predicted octanol–water partition coefficient (Wildman–Crippen LogP) is 3.54. The van der Waals surface area contributed by atoms with Crippen LogP contribution in [0.15, 0.2) is 17.5 Å². The van der Waals surface area contributed by atoms with Crippen LogP contribution in [0.1, 0.15) is 32.0 Å². The van der Waals surface area contributed by atoms with Crippen molar-refractivity contribution in [3.8, 4) is 0 Å². The Hall–Kier alpha value is -2.35. The lowest BCUT2D eigenvalue weighted by molar-refractivity contribution is -0.123. The Labute approximate surface area is 154 Å². The molecule has 2 heterocycles. The zero-order valence-corrected chi connectivity index (χ0v) is 15.5. The maximum atomic E-state index is 13.5. The van der Waals surface area contributed by atoms with Gasteiger partial charge in [-0.3, -0.25) is 9.59 Å². The minimum Gasteiger partial charge on any atom is -0.311 e. The number of benzene rings is 1. The molecule has 0 fully saturated rings. The summed E-state index contributed by atoms with van der Waals surface area (Å²) in [5.41, 5.74) is 1.01. The molecule has 0 radical (unpaired) electrons. The van der Waals surface area contributed by atoms with Crippen molar-refractivity contribution in [2.75, 3.05) is 16.8 Å². The minimum absolute atomic E-state index is 0.0281. The van der Waals surface area contributed by atoms with Gasteiger partial charge in [0.15, 0.2) is 16.8 Å². The van der Waals surface area contributed by atoms with E-state index in [2.05, 4.69) is 10.3 Å². The summed E-state index contributed by atoms with van der Waals surface area (Å²) in [4.78, 5) is 30.3. The number of carbonyl (C=O) groups is 2. The number of anilines is 2. The average Bonchev–Trinajstić information content (AvgIpc) is 3.14. The highest BCUT2D eigenvalue weighted by atomic mass is 32.1. The number of nitrogens with one attached hydrogen (secondary N) is 1. The Morgan fingerprint density at radius 3 is 2.65 bits per heavy atom. The molecule has 5 nitrogen and oxygen atoms in total. The number of carbonyl (C=O) groups excluding carboxylic acids is 2. The van der Waals surface area contributed by atoms with Gasteiger partial charge < -0.3 is 10.2 Å². The van der Waals surface area contributed by atoms with Crippen LogP contribution in [0.25, 0.3) is 0 Å². The van der Waals surface area contributed by atoms with Gasteiger partial charge in [-0.1, -0.05) is 20.8 Å². The SMILES string of the molecule is CC(C)(C)C(=O)Nc1nc(CC(=O)N2CCc3cc(F)c(F)cc32)cs1. The summed E-state index contributed by atoms with van der Waals surface area (Å²) < 4.78 is 26.8. The topological polar surface area (TPSA) is 62.3 Å². The number of rotatable bonds is 3. The standard InChI is InChI=1S/C18H19F2N3O2S/c1-18(2,3)16(25)22-17-21-11(9-26-17)7-15(24)23-5-4-10-6-12(19)13(20)8-14(10)23/h6,8-9H,4-5,7H2,1-3H3,(H,21,22,25). The van der Waals surface area contributed by atoms with Crippen molar-refractivity contribution in [3.05, 3.63) is 40.4 Å². The molecule has 138 valence electrons. The van der Waals surface area contributed by atoms with E-state index >= 15 is 0 Å². The van der Waals surface area contributed by atoms with E-state index in [1.807, 2.05) is 0 Å². The number of hydrogen-bond donors (Lipinski definition) is 1. The van der Waals surface area contributed by atoms with Crippen LogP contribution >= 0.6 is 11.3 Å². The number of fused-ring (bicyclic) bond motifs is 1. The fourth-order valence-electron chi connectivity index (χ4n) is 2.62. The average molecular weight is 379 g/mol. The first-order chi connectivity index (χ1) is 12.1. The van der Waals surface area contributed by atoms with Gasteiger partial charge in [0.05, 0.1) is 17.8 Å². The van der Waals surface area contributed by atoms with Gasteiger partial charge >= 0.3 is 0 Å². The molecular weight excluding hydrogens is 360 g/mol. The lowest BCUT2D eigenvalue weighted by atomic mass is 9.96. The van der Waals surface area contributed by atoms with Crippen molar-refractivity contribution in [1.82, 2.24) is 4.98 Å². The summed E-state index contributed by atoms with van der Waals surface area (Å²) in [5.74, 6) is -2.27. The molecule has 0 atom stereocenters. The van der Waals surface area contributed by atoms with E-state index in [1.165, 1.54) is 16.2 Å². The summed E-state index contributed by atoms with van der Waals surface area (Å²) in [7, 11) is 0. The van der Waals surface area contributed by atoms with Crippen LogP contribution in [0.2, 0.25) is 0 Å². The highest BCUT2D eigenvalue weighted by molar-refractivity contribution is 7.13. The van der Waals surface area contributed by atoms with E-state index in [0.29, 0.717) is 35.0 Å². The molecule has 0 spiro atoms. The van der Waals surface area contributed by atoms with Crippen molar-refractivity contribution >= 4 is 34.0 Å². The van der Waals surface area contributed by atoms with Gasteiger partial charge in [0.2, 0.25) is 11.8 Å². The largest absolute Gasteiger partial charge is 0.311 e. The van der Waals surface area contributed by atoms with E-state index in [4.69, 9.17) is 0 Å². The van der Waals surface area contributed by atoms with Gasteiger partial charge in [-0.05, 0) is 18.1 Å². The molecule has 1 aromatic heterocycles. The van der Waals surface area contributed by atoms with Crippen LogP contribution in [0.4, 0.5) is 19.6 Å². The third kappa shape index (κ3) is 3.75. The fraction of sp³-hybridized carbons (Fsp3) is 0.389. The van der Waals surface area contributed by atoms with Crippen molar-refractivity contribution in [3.63, 3.8) is 0 Å². The number of nitrogens with zero attached hydrogens (tertiary/aromatic N) is 2. The van der Waals surface area contributed by atoms with Crippen LogP contribution in [0.5, 0.6) is 0 Å². The smallest absolute Gasteiger partial charge is 0.233 e. The fourth-order valence-corrected chi connectivity index (χ4v) is 3.33. The maximum Gasteiger partial charge on any atom is 0.233 e. The third-order valence-electron chi connectivity index (χ3n) is 4.10. The molecule has 2 amide bonds. The van der Waals surface area contributed by atoms with Crippen molar-refractivity contribution in [2.45, 2.75) is 33.6 Å². The van der Waals surface area contributed by atoms with Gasteiger partial charge in [-0.2, -0.15) is 0 Å².